The van der Waals surface area contributed by atoms with E-state index in [1.807, 2.05) is 0 Å². The van der Waals surface area contributed by atoms with E-state index in [9.17, 15) is 26.4 Å². The number of benzene rings is 1. The minimum atomic E-state index is -4.76. The predicted molar refractivity (Wildman–Crippen MR) is 96.4 cm³/mol. The summed E-state index contributed by atoms with van der Waals surface area (Å²) >= 11 is 5.55. The average Bonchev–Trinajstić information content (AvgIpc) is 2.61. The molecule has 158 valence electrons. The van der Waals surface area contributed by atoms with Gasteiger partial charge in [0.25, 0.3) is 0 Å². The molecule has 1 amide bonds. The van der Waals surface area contributed by atoms with Gasteiger partial charge in [-0.3, -0.25) is 4.90 Å². The van der Waals surface area contributed by atoms with Crippen LogP contribution in [-0.4, -0.2) is 75.1 Å². The van der Waals surface area contributed by atoms with E-state index in [1.54, 1.807) is 11.8 Å². The Bertz CT molecular complexity index is 812. The summed E-state index contributed by atoms with van der Waals surface area (Å²) in [5.41, 5.74) is -1.20. The molecule has 0 radical (unpaired) electrons. The second-order valence-electron chi connectivity index (χ2n) is 6.19. The number of hydrogen-bond acceptors (Lipinski definition) is 5. The molecular weight excluding hydrogens is 423 g/mol. The monoisotopic (exact) mass is 443 g/mol. The summed E-state index contributed by atoms with van der Waals surface area (Å²) in [4.78, 5) is 14.5. The van der Waals surface area contributed by atoms with Crippen molar-refractivity contribution >= 4 is 27.7 Å². The van der Waals surface area contributed by atoms with E-state index in [1.165, 1.54) is 11.9 Å². The number of ether oxygens (including phenoxy) is 1. The van der Waals surface area contributed by atoms with Crippen molar-refractivity contribution in [3.8, 4) is 0 Å². The van der Waals surface area contributed by atoms with Crippen LogP contribution in [0.4, 0.5) is 18.0 Å². The molecule has 0 bridgehead atoms. The van der Waals surface area contributed by atoms with E-state index in [0.717, 1.165) is 16.4 Å². The maximum atomic E-state index is 13.0. The Balaban J connectivity index is 2.06. The second-order valence-corrected chi connectivity index (χ2v) is 8.64. The Labute approximate surface area is 166 Å². The molecule has 0 atom stereocenters. The van der Waals surface area contributed by atoms with Crippen LogP contribution < -0.4 is 0 Å². The molecule has 0 spiro atoms. The third-order valence-corrected chi connectivity index (χ3v) is 6.36. The molecule has 2 rings (SSSR count). The fourth-order valence-electron chi connectivity index (χ4n) is 2.71. The van der Waals surface area contributed by atoms with Gasteiger partial charge in [0, 0.05) is 33.2 Å². The minimum absolute atomic E-state index is 0.0248. The van der Waals surface area contributed by atoms with Crippen molar-refractivity contribution in [2.45, 2.75) is 18.0 Å². The number of halogens is 4. The van der Waals surface area contributed by atoms with E-state index < -0.39 is 37.8 Å². The van der Waals surface area contributed by atoms with E-state index in [-0.39, 0.29) is 13.3 Å². The molecule has 7 nitrogen and oxygen atoms in total. The number of carbonyl (C=O) groups is 1. The zero-order valence-corrected chi connectivity index (χ0v) is 16.9. The molecule has 1 aromatic rings. The highest BCUT2D eigenvalue weighted by molar-refractivity contribution is 7.89. The molecule has 1 aliphatic rings. The van der Waals surface area contributed by atoms with Gasteiger partial charge < -0.3 is 9.64 Å². The third kappa shape index (κ3) is 5.28. The first-order valence-corrected chi connectivity index (χ1v) is 10.3. The molecule has 0 unspecified atom stereocenters. The summed E-state index contributed by atoms with van der Waals surface area (Å²) in [7, 11) is -2.86. The highest BCUT2D eigenvalue weighted by Crippen LogP contribution is 2.36. The average molecular weight is 444 g/mol. The first-order chi connectivity index (χ1) is 13.0. The lowest BCUT2D eigenvalue weighted by atomic mass is 10.2. The topological polar surface area (TPSA) is 70.2 Å². The molecule has 1 heterocycles. The van der Waals surface area contributed by atoms with Crippen molar-refractivity contribution in [3.63, 3.8) is 0 Å². The maximum Gasteiger partial charge on any atom is 0.417 e. The van der Waals surface area contributed by atoms with Crippen LogP contribution in [0.3, 0.4) is 0 Å². The summed E-state index contributed by atoms with van der Waals surface area (Å²) in [6.07, 6.45) is -5.19. The first kappa shape index (κ1) is 22.7. The lowest BCUT2D eigenvalue weighted by Gasteiger charge is -2.35. The highest BCUT2D eigenvalue weighted by Gasteiger charge is 2.35. The standard InChI is InChI=1S/C16H21ClF3N3O4S/c1-3-27-15(24)23-8-6-22(7-9-23)11-21(2)28(25,26)12-4-5-14(17)13(10-12)16(18,19)20/h4-5,10H,3,6-9,11H2,1-2H3. The molecular formula is C16H21ClF3N3O4S. The fourth-order valence-corrected chi connectivity index (χ4v) is 4.11. The summed E-state index contributed by atoms with van der Waals surface area (Å²) in [5, 5.41) is -0.566. The quantitative estimate of drug-likeness (QED) is 0.699. The van der Waals surface area contributed by atoms with E-state index in [2.05, 4.69) is 0 Å². The Morgan fingerprint density at radius 2 is 1.86 bits per heavy atom. The summed E-state index contributed by atoms with van der Waals surface area (Å²) < 4.78 is 70.2. The van der Waals surface area contributed by atoms with Gasteiger partial charge in [0.15, 0.2) is 0 Å². The van der Waals surface area contributed by atoms with Gasteiger partial charge in [0.1, 0.15) is 0 Å². The number of nitrogens with zero attached hydrogens (tertiary/aromatic N) is 3. The summed E-state index contributed by atoms with van der Waals surface area (Å²) in [5.74, 6) is 0. The molecule has 1 fully saturated rings. The fraction of sp³-hybridized carbons (Fsp3) is 0.562. The normalized spacial score (nSPS) is 16.5. The Kier molecular flexibility index (Phi) is 7.18. The van der Waals surface area contributed by atoms with Crippen LogP contribution in [0, 0.1) is 0 Å². The van der Waals surface area contributed by atoms with Crippen molar-refractivity contribution in [2.75, 3.05) is 46.5 Å². The van der Waals surface area contributed by atoms with Crippen LogP contribution in [0.2, 0.25) is 5.02 Å². The third-order valence-electron chi connectivity index (χ3n) is 4.25. The lowest BCUT2D eigenvalue weighted by Crippen LogP contribution is -2.51. The smallest absolute Gasteiger partial charge is 0.417 e. The molecule has 1 saturated heterocycles. The zero-order valence-electron chi connectivity index (χ0n) is 15.4. The number of carbonyl (C=O) groups excluding carboxylic acids is 1. The van der Waals surface area contributed by atoms with Gasteiger partial charge in [-0.1, -0.05) is 11.6 Å². The molecule has 0 aliphatic carbocycles. The summed E-state index contributed by atoms with van der Waals surface area (Å²) in [6.45, 7) is 3.50. The molecule has 1 aliphatic heterocycles. The SMILES string of the molecule is CCOC(=O)N1CCN(CN(C)S(=O)(=O)c2ccc(Cl)c(C(F)(F)F)c2)CC1. The van der Waals surface area contributed by atoms with Crippen molar-refractivity contribution in [1.82, 2.24) is 14.1 Å². The first-order valence-electron chi connectivity index (χ1n) is 8.44. The van der Waals surface area contributed by atoms with Crippen LogP contribution in [0.25, 0.3) is 0 Å². The van der Waals surface area contributed by atoms with Crippen LogP contribution in [-0.2, 0) is 20.9 Å². The number of alkyl halides is 3. The van der Waals surface area contributed by atoms with E-state index in [4.69, 9.17) is 16.3 Å². The van der Waals surface area contributed by atoms with Crippen molar-refractivity contribution in [3.05, 3.63) is 28.8 Å². The van der Waals surface area contributed by atoms with E-state index >= 15 is 0 Å². The summed E-state index contributed by atoms with van der Waals surface area (Å²) in [6, 6.07) is 2.50. The van der Waals surface area contributed by atoms with Gasteiger partial charge in [0.05, 0.1) is 28.8 Å². The van der Waals surface area contributed by atoms with Crippen molar-refractivity contribution < 1.29 is 31.1 Å². The van der Waals surface area contributed by atoms with Gasteiger partial charge in [-0.05, 0) is 25.1 Å². The largest absolute Gasteiger partial charge is 0.450 e. The Morgan fingerprint density at radius 1 is 1.25 bits per heavy atom. The van der Waals surface area contributed by atoms with Gasteiger partial charge in [-0.15, -0.1) is 0 Å². The van der Waals surface area contributed by atoms with Crippen molar-refractivity contribution in [1.29, 1.82) is 0 Å². The number of piperazine rings is 1. The van der Waals surface area contributed by atoms with Crippen molar-refractivity contribution in [2.24, 2.45) is 0 Å². The van der Waals surface area contributed by atoms with Crippen LogP contribution in [0.1, 0.15) is 12.5 Å². The molecule has 28 heavy (non-hydrogen) atoms. The van der Waals surface area contributed by atoms with Crippen LogP contribution in [0.5, 0.6) is 0 Å². The highest BCUT2D eigenvalue weighted by atomic mass is 35.5. The van der Waals surface area contributed by atoms with Gasteiger partial charge in [0.2, 0.25) is 10.0 Å². The molecule has 0 aromatic heterocycles. The number of sulfonamides is 1. The second kappa shape index (κ2) is 8.85. The number of rotatable bonds is 5. The molecule has 1 aromatic carbocycles. The maximum absolute atomic E-state index is 13.0. The van der Waals surface area contributed by atoms with Crippen LogP contribution in [0.15, 0.2) is 23.1 Å². The molecule has 0 N–H and O–H groups in total. The Morgan fingerprint density at radius 3 is 2.39 bits per heavy atom. The van der Waals surface area contributed by atoms with Gasteiger partial charge >= 0.3 is 12.3 Å². The Hall–Kier alpha value is -1.56. The zero-order chi connectivity index (χ0) is 21.1. The van der Waals surface area contributed by atoms with E-state index in [0.29, 0.717) is 32.2 Å². The molecule has 0 saturated carbocycles. The molecule has 12 heteroatoms. The number of amides is 1. The number of hydrogen-bond donors (Lipinski definition) is 0. The van der Waals surface area contributed by atoms with Gasteiger partial charge in [-0.25, -0.2) is 13.2 Å². The van der Waals surface area contributed by atoms with Gasteiger partial charge in [-0.2, -0.15) is 17.5 Å². The van der Waals surface area contributed by atoms with Crippen LogP contribution >= 0.6 is 11.6 Å². The lowest BCUT2D eigenvalue weighted by molar-refractivity contribution is -0.137. The predicted octanol–water partition coefficient (Wildman–Crippen LogP) is 2.71. The minimum Gasteiger partial charge on any atom is -0.450 e.